The van der Waals surface area contributed by atoms with Crippen LogP contribution in [-0.2, 0) is 4.79 Å². The fourth-order valence-electron chi connectivity index (χ4n) is 4.54. The Morgan fingerprint density at radius 2 is 1.94 bits per heavy atom. The molecule has 0 aromatic rings. The highest BCUT2D eigenvalue weighted by Crippen LogP contribution is 2.65. The first kappa shape index (κ1) is 12.3. The van der Waals surface area contributed by atoms with Crippen molar-refractivity contribution in [1.82, 2.24) is 5.32 Å². The Morgan fingerprint density at radius 1 is 1.28 bits per heavy atom. The number of nitrogens with one attached hydrogen (secondary N) is 1. The van der Waals surface area contributed by atoms with E-state index in [4.69, 9.17) is 0 Å². The molecule has 0 radical (unpaired) electrons. The van der Waals surface area contributed by atoms with Gasteiger partial charge in [-0.05, 0) is 43.4 Å². The summed E-state index contributed by atoms with van der Waals surface area (Å²) in [7, 11) is 0. The van der Waals surface area contributed by atoms with Gasteiger partial charge >= 0.3 is 0 Å². The minimum Gasteiger partial charge on any atom is -0.353 e. The molecule has 0 aromatic carbocycles. The Balaban J connectivity index is 1.78. The van der Waals surface area contributed by atoms with Crippen LogP contribution in [0.4, 0.5) is 0 Å². The van der Waals surface area contributed by atoms with Crippen molar-refractivity contribution >= 4 is 5.91 Å². The lowest BCUT2D eigenvalue weighted by Gasteiger charge is -2.37. The van der Waals surface area contributed by atoms with Crippen molar-refractivity contribution in [3.05, 3.63) is 12.2 Å². The zero-order valence-corrected chi connectivity index (χ0v) is 11.7. The van der Waals surface area contributed by atoms with Crippen LogP contribution in [0.15, 0.2) is 12.2 Å². The van der Waals surface area contributed by atoms with Gasteiger partial charge in [0.1, 0.15) is 0 Å². The summed E-state index contributed by atoms with van der Waals surface area (Å²) < 4.78 is 0. The number of fused-ring (bicyclic) bond motifs is 2. The van der Waals surface area contributed by atoms with E-state index in [1.165, 1.54) is 37.7 Å². The SMILES string of the molecule is C=C1C2(C(=O)NC3CCCC3)CCC(C2)C1(C)C. The lowest BCUT2D eigenvalue weighted by molar-refractivity contribution is -0.129. The van der Waals surface area contributed by atoms with Crippen LogP contribution < -0.4 is 5.32 Å². The molecule has 3 rings (SSSR count). The first-order valence-electron chi connectivity index (χ1n) is 7.48. The van der Waals surface area contributed by atoms with Crippen molar-refractivity contribution in [2.45, 2.75) is 64.8 Å². The van der Waals surface area contributed by atoms with E-state index in [1.54, 1.807) is 0 Å². The lowest BCUT2D eigenvalue weighted by atomic mass is 9.68. The van der Waals surface area contributed by atoms with Gasteiger partial charge < -0.3 is 5.32 Å². The van der Waals surface area contributed by atoms with Crippen molar-refractivity contribution in [2.24, 2.45) is 16.7 Å². The van der Waals surface area contributed by atoms with Crippen LogP contribution in [0.5, 0.6) is 0 Å². The van der Waals surface area contributed by atoms with Gasteiger partial charge in [0.05, 0.1) is 5.41 Å². The quantitative estimate of drug-likeness (QED) is 0.744. The van der Waals surface area contributed by atoms with E-state index in [0.717, 1.165) is 12.8 Å². The number of carbonyl (C=O) groups is 1. The van der Waals surface area contributed by atoms with Gasteiger partial charge in [-0.2, -0.15) is 0 Å². The molecule has 3 saturated carbocycles. The third-order valence-corrected chi connectivity index (χ3v) is 6.02. The van der Waals surface area contributed by atoms with Gasteiger partial charge in [-0.3, -0.25) is 4.79 Å². The molecule has 2 nitrogen and oxygen atoms in total. The van der Waals surface area contributed by atoms with Crippen molar-refractivity contribution < 1.29 is 4.79 Å². The molecule has 0 aliphatic heterocycles. The maximum absolute atomic E-state index is 12.7. The molecule has 2 heteroatoms. The molecule has 18 heavy (non-hydrogen) atoms. The minimum absolute atomic E-state index is 0.158. The standard InChI is InChI=1S/C16H25NO/c1-11-15(2,3)12-8-9-16(11,10-12)14(18)17-13-6-4-5-7-13/h12-13H,1,4-10H2,2-3H3,(H,17,18). The van der Waals surface area contributed by atoms with E-state index >= 15 is 0 Å². The lowest BCUT2D eigenvalue weighted by Crippen LogP contribution is -2.45. The third kappa shape index (κ3) is 1.50. The van der Waals surface area contributed by atoms with Crippen molar-refractivity contribution in [3.8, 4) is 0 Å². The highest BCUT2D eigenvalue weighted by Gasteiger charge is 2.60. The Labute approximate surface area is 110 Å². The molecule has 0 spiro atoms. The molecule has 3 aliphatic carbocycles. The summed E-state index contributed by atoms with van der Waals surface area (Å²) in [5, 5.41) is 3.31. The minimum atomic E-state index is -0.225. The highest BCUT2D eigenvalue weighted by molar-refractivity contribution is 5.87. The van der Waals surface area contributed by atoms with E-state index in [9.17, 15) is 4.79 Å². The molecule has 2 unspecified atom stereocenters. The van der Waals surface area contributed by atoms with Gasteiger partial charge in [0, 0.05) is 6.04 Å². The smallest absolute Gasteiger partial charge is 0.230 e. The van der Waals surface area contributed by atoms with E-state index in [-0.39, 0.29) is 16.7 Å². The molecule has 0 heterocycles. The fraction of sp³-hybridized carbons (Fsp3) is 0.812. The van der Waals surface area contributed by atoms with E-state index in [2.05, 4.69) is 25.7 Å². The summed E-state index contributed by atoms with van der Waals surface area (Å²) in [6.45, 7) is 8.83. The van der Waals surface area contributed by atoms with Crippen LogP contribution in [0.2, 0.25) is 0 Å². The predicted molar refractivity (Wildman–Crippen MR) is 73.1 cm³/mol. The van der Waals surface area contributed by atoms with Crippen LogP contribution in [0, 0.1) is 16.7 Å². The van der Waals surface area contributed by atoms with Gasteiger partial charge in [0.2, 0.25) is 5.91 Å². The maximum atomic E-state index is 12.7. The number of hydrogen-bond acceptors (Lipinski definition) is 1. The molecule has 2 bridgehead atoms. The van der Waals surface area contributed by atoms with Gasteiger partial charge in [0.25, 0.3) is 0 Å². The molecule has 1 N–H and O–H groups in total. The van der Waals surface area contributed by atoms with Gasteiger partial charge in [0.15, 0.2) is 0 Å². The van der Waals surface area contributed by atoms with Crippen LogP contribution in [0.25, 0.3) is 0 Å². The maximum Gasteiger partial charge on any atom is 0.230 e. The topological polar surface area (TPSA) is 29.1 Å². The zero-order valence-electron chi connectivity index (χ0n) is 11.7. The Hall–Kier alpha value is -0.790. The molecule has 0 aromatic heterocycles. The Kier molecular flexibility index (Phi) is 2.62. The first-order chi connectivity index (χ1) is 8.47. The normalized spacial score (nSPS) is 38.3. The average Bonchev–Trinajstić information content (AvgIpc) is 2.98. The van der Waals surface area contributed by atoms with E-state index in [1.807, 2.05) is 0 Å². The molecular weight excluding hydrogens is 222 g/mol. The van der Waals surface area contributed by atoms with Crippen molar-refractivity contribution in [1.29, 1.82) is 0 Å². The summed E-state index contributed by atoms with van der Waals surface area (Å²) in [6.07, 6.45) is 8.14. The fourth-order valence-corrected chi connectivity index (χ4v) is 4.54. The van der Waals surface area contributed by atoms with E-state index in [0.29, 0.717) is 12.0 Å². The predicted octanol–water partition coefficient (Wildman–Crippen LogP) is 3.43. The Bertz CT molecular complexity index is 392. The van der Waals surface area contributed by atoms with Crippen LogP contribution in [0.1, 0.15) is 58.8 Å². The molecule has 3 aliphatic rings. The molecule has 100 valence electrons. The molecule has 0 saturated heterocycles. The van der Waals surface area contributed by atoms with Crippen LogP contribution in [-0.4, -0.2) is 11.9 Å². The number of rotatable bonds is 2. The van der Waals surface area contributed by atoms with Crippen LogP contribution in [0.3, 0.4) is 0 Å². The van der Waals surface area contributed by atoms with Gasteiger partial charge in [-0.1, -0.05) is 38.8 Å². The number of amides is 1. The second-order valence-electron chi connectivity index (χ2n) is 7.18. The van der Waals surface area contributed by atoms with Gasteiger partial charge in [-0.15, -0.1) is 0 Å². The summed E-state index contributed by atoms with van der Waals surface area (Å²) >= 11 is 0. The van der Waals surface area contributed by atoms with Crippen molar-refractivity contribution in [2.75, 3.05) is 0 Å². The Morgan fingerprint density at radius 3 is 2.50 bits per heavy atom. The third-order valence-electron chi connectivity index (χ3n) is 6.02. The molecule has 1 amide bonds. The van der Waals surface area contributed by atoms with Gasteiger partial charge in [-0.25, -0.2) is 0 Å². The highest BCUT2D eigenvalue weighted by atomic mass is 16.2. The zero-order chi connectivity index (χ0) is 13.0. The summed E-state index contributed by atoms with van der Waals surface area (Å²) in [6, 6.07) is 0.433. The average molecular weight is 247 g/mol. The second-order valence-corrected chi connectivity index (χ2v) is 7.18. The van der Waals surface area contributed by atoms with Crippen LogP contribution >= 0.6 is 0 Å². The summed E-state index contributed by atoms with van der Waals surface area (Å²) in [5.74, 6) is 0.951. The number of carbonyl (C=O) groups excluding carboxylic acids is 1. The summed E-state index contributed by atoms with van der Waals surface area (Å²) in [5.41, 5.74) is 1.13. The molecule has 3 fully saturated rings. The summed E-state index contributed by atoms with van der Waals surface area (Å²) in [4.78, 5) is 12.7. The largest absolute Gasteiger partial charge is 0.353 e. The monoisotopic (exact) mass is 247 g/mol. The van der Waals surface area contributed by atoms with E-state index < -0.39 is 0 Å². The molecule has 2 atom stereocenters. The second kappa shape index (κ2) is 3.85. The van der Waals surface area contributed by atoms with Crippen molar-refractivity contribution in [3.63, 3.8) is 0 Å². The molecular formula is C16H25NO. The first-order valence-corrected chi connectivity index (χ1v) is 7.48. The number of hydrogen-bond donors (Lipinski definition) is 1.